The summed E-state index contributed by atoms with van der Waals surface area (Å²) in [6, 6.07) is 6.33. The van der Waals surface area contributed by atoms with Gasteiger partial charge in [-0.2, -0.15) is 12.8 Å². The first-order valence-corrected chi connectivity index (χ1v) is 10.1. The van der Waals surface area contributed by atoms with E-state index in [1.165, 1.54) is 0 Å². The molecule has 0 aromatic heterocycles. The summed E-state index contributed by atoms with van der Waals surface area (Å²) in [6.07, 6.45) is 1.29. The summed E-state index contributed by atoms with van der Waals surface area (Å²) in [5.41, 5.74) is 0.832. The van der Waals surface area contributed by atoms with Crippen LogP contribution in [0.25, 0.3) is 0 Å². The molecule has 1 aromatic rings. The second-order valence-corrected chi connectivity index (χ2v) is 7.49. The third-order valence-corrected chi connectivity index (χ3v) is 5.10. The van der Waals surface area contributed by atoms with Gasteiger partial charge in [0.15, 0.2) is 0 Å². The van der Waals surface area contributed by atoms with Gasteiger partial charge in [-0.05, 0) is 44.1 Å². The first-order chi connectivity index (χ1) is 12.9. The zero-order valence-electron chi connectivity index (χ0n) is 15.0. The van der Waals surface area contributed by atoms with Crippen molar-refractivity contribution in [2.24, 2.45) is 4.36 Å². The average Bonchev–Trinajstić information content (AvgIpc) is 2.61. The maximum Gasteiger partial charge on any atom is 0.311 e. The number of methoxy groups -OCH3 is 1. The highest BCUT2D eigenvalue weighted by molar-refractivity contribution is 8.11. The van der Waals surface area contributed by atoms with Crippen LogP contribution < -0.4 is 14.8 Å². The number of likely N-dealkylation sites (tertiary alicyclic amines) is 1. The van der Waals surface area contributed by atoms with E-state index in [4.69, 9.17) is 4.74 Å². The molecule has 2 amide bonds. The van der Waals surface area contributed by atoms with Gasteiger partial charge in [0.1, 0.15) is 5.75 Å². The zero-order chi connectivity index (χ0) is 19.8. The van der Waals surface area contributed by atoms with Gasteiger partial charge >= 0.3 is 15.7 Å². The number of hydrogen-bond donors (Lipinski definition) is 2. The lowest BCUT2D eigenvalue weighted by molar-refractivity contribution is -0.122. The van der Waals surface area contributed by atoms with Crippen LogP contribution in [-0.4, -0.2) is 57.8 Å². The van der Waals surface area contributed by atoms with Gasteiger partial charge in [-0.3, -0.25) is 24.5 Å². The maximum atomic E-state index is 12.2. The number of carbonyl (C=O) groups excluding carboxylic acids is 2. The van der Waals surface area contributed by atoms with Crippen LogP contribution in [0.5, 0.6) is 5.75 Å². The van der Waals surface area contributed by atoms with Crippen molar-refractivity contribution in [1.29, 1.82) is 0 Å². The average molecular weight is 415 g/mol. The molecule has 11 heteroatoms. The van der Waals surface area contributed by atoms with E-state index < -0.39 is 27.7 Å². The lowest BCUT2D eigenvalue weighted by atomic mass is 9.91. The smallest absolute Gasteiger partial charge is 0.311 e. The first kappa shape index (κ1) is 21.4. The lowest BCUT2D eigenvalue weighted by Gasteiger charge is -2.38. The molecule has 2 N–H and O–H groups in total. The van der Waals surface area contributed by atoms with Gasteiger partial charge in [0.05, 0.1) is 25.7 Å². The van der Waals surface area contributed by atoms with E-state index in [2.05, 4.69) is 14.4 Å². The van der Waals surface area contributed by atoms with E-state index in [1.807, 2.05) is 17.0 Å². The monoisotopic (exact) mass is 414 g/mol. The number of rotatable bonds is 6. The predicted molar refractivity (Wildman–Crippen MR) is 102 cm³/mol. The van der Waals surface area contributed by atoms with Crippen LogP contribution >= 0.6 is 11.9 Å². The topological polar surface area (TPSA) is 117 Å². The summed E-state index contributed by atoms with van der Waals surface area (Å²) < 4.78 is 33.9. The number of hydrogen-bond acceptors (Lipinski definition) is 9. The molecule has 0 aliphatic carbocycles. The van der Waals surface area contributed by atoms with Crippen molar-refractivity contribution in [3.8, 4) is 5.75 Å². The molecule has 1 heterocycles. The largest absolute Gasteiger partial charge is 0.497 e. The second-order valence-electron chi connectivity index (χ2n) is 5.86. The van der Waals surface area contributed by atoms with Crippen molar-refractivity contribution in [2.75, 3.05) is 27.2 Å². The van der Waals surface area contributed by atoms with Gasteiger partial charge in [0.25, 0.3) is 0 Å². The van der Waals surface area contributed by atoms with Crippen LogP contribution in [0.1, 0.15) is 24.4 Å². The van der Waals surface area contributed by atoms with E-state index in [1.54, 1.807) is 26.3 Å². The number of amides is 2. The minimum absolute atomic E-state index is 0.0375. The number of benzene rings is 1. The normalized spacial score (nSPS) is 19.9. The molecule has 148 valence electrons. The summed E-state index contributed by atoms with van der Waals surface area (Å²) in [6.45, 7) is 0.555. The number of carbonyl (C=O) groups is 2. The van der Waals surface area contributed by atoms with Gasteiger partial charge in [0.2, 0.25) is 5.91 Å². The van der Waals surface area contributed by atoms with Gasteiger partial charge in [-0.1, -0.05) is 12.1 Å². The molecular weight excluding hydrogens is 392 g/mol. The van der Waals surface area contributed by atoms with Crippen molar-refractivity contribution in [3.05, 3.63) is 29.8 Å². The van der Waals surface area contributed by atoms with E-state index in [0.29, 0.717) is 25.1 Å². The van der Waals surface area contributed by atoms with Crippen molar-refractivity contribution in [2.45, 2.75) is 24.9 Å². The van der Waals surface area contributed by atoms with Crippen LogP contribution in [-0.2, 0) is 15.3 Å². The van der Waals surface area contributed by atoms with Crippen molar-refractivity contribution in [1.82, 2.24) is 14.9 Å². The van der Waals surface area contributed by atoms with Crippen LogP contribution in [0, 0.1) is 0 Å². The summed E-state index contributed by atoms with van der Waals surface area (Å²) in [5, 5.41) is 1.78. The zero-order valence-corrected chi connectivity index (χ0v) is 16.7. The molecule has 2 unspecified atom stereocenters. The van der Waals surface area contributed by atoms with E-state index in [0.717, 1.165) is 17.5 Å². The molecule has 0 spiro atoms. The van der Waals surface area contributed by atoms with Crippen LogP contribution in [0.2, 0.25) is 0 Å². The molecule has 2 atom stereocenters. The first-order valence-electron chi connectivity index (χ1n) is 8.30. The van der Waals surface area contributed by atoms with Crippen molar-refractivity contribution in [3.63, 3.8) is 0 Å². The Kier molecular flexibility index (Phi) is 8.23. The van der Waals surface area contributed by atoms with Gasteiger partial charge < -0.3 is 4.74 Å². The Bertz CT molecular complexity index is 790. The fraction of sp³-hybridized carbons (Fsp3) is 0.500. The number of nitrogens with zero attached hydrogens (tertiary/aromatic N) is 2. The lowest BCUT2D eigenvalue weighted by Crippen LogP contribution is -2.46. The number of piperidine rings is 1. The Hall–Kier alpha value is -1.95. The molecule has 9 nitrogen and oxygen atoms in total. The van der Waals surface area contributed by atoms with E-state index >= 15 is 0 Å². The van der Waals surface area contributed by atoms with Crippen LogP contribution in [0.4, 0.5) is 4.79 Å². The summed E-state index contributed by atoms with van der Waals surface area (Å²) in [7, 11) is 0.593. The third-order valence-electron chi connectivity index (χ3n) is 4.16. The molecule has 2 rings (SSSR count). The molecule has 1 fully saturated rings. The Balaban J connectivity index is 2.24. The molecule has 0 bridgehead atoms. The Morgan fingerprint density at radius 2 is 2.04 bits per heavy atom. The van der Waals surface area contributed by atoms with Crippen molar-refractivity contribution < 1.29 is 22.7 Å². The number of nitrogens with one attached hydrogen (secondary N) is 2. The van der Waals surface area contributed by atoms with Crippen molar-refractivity contribution >= 4 is 33.6 Å². The summed E-state index contributed by atoms with van der Waals surface area (Å²) in [4.78, 5) is 25.6. The van der Waals surface area contributed by atoms with Gasteiger partial charge in [0, 0.05) is 11.9 Å². The fourth-order valence-corrected chi connectivity index (χ4v) is 3.92. The quantitative estimate of drug-likeness (QED) is 0.670. The molecule has 0 saturated carbocycles. The molecule has 1 aliphatic heterocycles. The number of imide groups is 1. The van der Waals surface area contributed by atoms with Crippen LogP contribution in [0.3, 0.4) is 0 Å². The fourth-order valence-electron chi connectivity index (χ4n) is 3.13. The SMILES string of the molecule is CNSC(=O)NC(=O)CN1CCCC(N=S(=O)=O)C1c1ccc(OC)cc1. The molecule has 1 aliphatic rings. The summed E-state index contributed by atoms with van der Waals surface area (Å²) in [5.74, 6) is 0.222. The highest BCUT2D eigenvalue weighted by Gasteiger charge is 2.34. The molecule has 1 saturated heterocycles. The predicted octanol–water partition coefficient (Wildman–Crippen LogP) is 1.37. The Morgan fingerprint density at radius 3 is 2.63 bits per heavy atom. The summed E-state index contributed by atoms with van der Waals surface area (Å²) >= 11 is 0.779. The molecule has 0 radical (unpaired) electrons. The van der Waals surface area contributed by atoms with E-state index in [-0.39, 0.29) is 12.6 Å². The minimum atomic E-state index is -2.55. The molecule has 1 aromatic carbocycles. The van der Waals surface area contributed by atoms with Crippen LogP contribution in [0.15, 0.2) is 28.6 Å². The molecular formula is C16H22N4O5S2. The highest BCUT2D eigenvalue weighted by Crippen LogP contribution is 2.34. The Labute approximate surface area is 163 Å². The number of ether oxygens (including phenoxy) is 1. The maximum absolute atomic E-state index is 12.2. The van der Waals surface area contributed by atoms with Gasteiger partial charge in [-0.15, -0.1) is 0 Å². The standard InChI is InChI=1S/C16H22N4O5S2/c1-17-26-16(22)18-14(21)10-20-9-3-4-13(19-27(23)24)15(20)11-5-7-12(25-2)8-6-11/h5-8,13,15,17H,3-4,9-10H2,1-2H3,(H,18,21,22). The van der Waals surface area contributed by atoms with Gasteiger partial charge in [-0.25, -0.2) is 0 Å². The third kappa shape index (κ3) is 6.31. The second kappa shape index (κ2) is 10.4. The Morgan fingerprint density at radius 1 is 1.33 bits per heavy atom. The van der Waals surface area contributed by atoms with E-state index in [9.17, 15) is 18.0 Å². The minimum Gasteiger partial charge on any atom is -0.497 e. The highest BCUT2D eigenvalue weighted by atomic mass is 32.2. The molecule has 27 heavy (non-hydrogen) atoms.